The lowest BCUT2D eigenvalue weighted by molar-refractivity contribution is -0.0880. The van der Waals surface area contributed by atoms with E-state index in [-0.39, 0.29) is 0 Å². The van der Waals surface area contributed by atoms with E-state index in [9.17, 15) is 0 Å². The summed E-state index contributed by atoms with van der Waals surface area (Å²) in [6, 6.07) is 12.3. The highest BCUT2D eigenvalue weighted by Gasteiger charge is 2.42. The standard InChI is InChI=1S/C21H28N4O/c1-8-22-24(9-1)13-18-4-2-17(3-5-18)12-23-10-11-25-20(14-23)15-26-16-21(25)19-6-7-19/h1-5,8-9,19-21H,6-7,10-16H2/t20-,21-/m1/s1. The normalized spacial score (nSPS) is 27.4. The molecule has 0 N–H and O–H groups in total. The van der Waals surface area contributed by atoms with Gasteiger partial charge in [0.25, 0.3) is 0 Å². The van der Waals surface area contributed by atoms with Crippen LogP contribution < -0.4 is 0 Å². The number of hydrogen-bond donors (Lipinski definition) is 0. The number of hydrogen-bond acceptors (Lipinski definition) is 4. The highest BCUT2D eigenvalue weighted by Crippen LogP contribution is 2.38. The van der Waals surface area contributed by atoms with E-state index in [4.69, 9.17) is 4.74 Å². The predicted molar refractivity (Wildman–Crippen MR) is 101 cm³/mol. The Morgan fingerprint density at radius 3 is 2.54 bits per heavy atom. The lowest BCUT2D eigenvalue weighted by Gasteiger charge is -2.48. The number of nitrogens with zero attached hydrogens (tertiary/aromatic N) is 4. The minimum Gasteiger partial charge on any atom is -0.378 e. The molecule has 2 saturated heterocycles. The van der Waals surface area contributed by atoms with Crippen molar-refractivity contribution in [3.05, 3.63) is 53.9 Å². The van der Waals surface area contributed by atoms with Crippen molar-refractivity contribution < 1.29 is 4.74 Å². The molecule has 1 aromatic heterocycles. The van der Waals surface area contributed by atoms with Gasteiger partial charge in [-0.05, 0) is 36.0 Å². The Labute approximate surface area is 155 Å². The maximum Gasteiger partial charge on any atom is 0.0659 e. The number of ether oxygens (including phenoxy) is 1. The molecule has 3 fully saturated rings. The fraction of sp³-hybridized carbons (Fsp3) is 0.571. The van der Waals surface area contributed by atoms with Crippen LogP contribution in [0.5, 0.6) is 0 Å². The fourth-order valence-corrected chi connectivity index (χ4v) is 4.56. The second-order valence-corrected chi connectivity index (χ2v) is 8.09. The third kappa shape index (κ3) is 3.56. The molecule has 138 valence electrons. The molecule has 5 nitrogen and oxygen atoms in total. The first-order valence-corrected chi connectivity index (χ1v) is 9.96. The highest BCUT2D eigenvalue weighted by atomic mass is 16.5. The van der Waals surface area contributed by atoms with Gasteiger partial charge in [-0.25, -0.2) is 0 Å². The third-order valence-electron chi connectivity index (χ3n) is 6.14. The van der Waals surface area contributed by atoms with Crippen LogP contribution in [0.1, 0.15) is 24.0 Å². The van der Waals surface area contributed by atoms with Crippen molar-refractivity contribution in [1.82, 2.24) is 19.6 Å². The zero-order valence-electron chi connectivity index (χ0n) is 15.3. The molecule has 3 aliphatic rings. The van der Waals surface area contributed by atoms with E-state index >= 15 is 0 Å². The van der Waals surface area contributed by atoms with Gasteiger partial charge >= 0.3 is 0 Å². The lowest BCUT2D eigenvalue weighted by atomic mass is 10.0. The van der Waals surface area contributed by atoms with Crippen LogP contribution in [-0.4, -0.2) is 64.5 Å². The number of aromatic nitrogens is 2. The molecule has 1 aromatic carbocycles. The summed E-state index contributed by atoms with van der Waals surface area (Å²) in [5.41, 5.74) is 2.70. The van der Waals surface area contributed by atoms with Crippen molar-refractivity contribution >= 4 is 0 Å². The van der Waals surface area contributed by atoms with Crippen LogP contribution in [0.3, 0.4) is 0 Å². The van der Waals surface area contributed by atoms with E-state index in [1.165, 1.54) is 37.1 Å². The molecule has 0 amide bonds. The van der Waals surface area contributed by atoms with Gasteiger partial charge in [0, 0.05) is 50.7 Å². The Hall–Kier alpha value is -1.69. The van der Waals surface area contributed by atoms with E-state index < -0.39 is 0 Å². The first-order valence-electron chi connectivity index (χ1n) is 9.96. The highest BCUT2D eigenvalue weighted by molar-refractivity contribution is 5.23. The summed E-state index contributed by atoms with van der Waals surface area (Å²) in [5.74, 6) is 0.909. The zero-order chi connectivity index (χ0) is 17.3. The van der Waals surface area contributed by atoms with Crippen molar-refractivity contribution in [3.63, 3.8) is 0 Å². The average Bonchev–Trinajstić information content (AvgIpc) is 3.39. The van der Waals surface area contributed by atoms with E-state index in [1.807, 2.05) is 23.1 Å². The predicted octanol–water partition coefficient (Wildman–Crippen LogP) is 2.23. The van der Waals surface area contributed by atoms with Crippen LogP contribution in [0.15, 0.2) is 42.7 Å². The Morgan fingerprint density at radius 2 is 1.81 bits per heavy atom. The lowest BCUT2D eigenvalue weighted by Crippen LogP contribution is -2.62. The molecular formula is C21H28N4O. The zero-order valence-corrected chi connectivity index (χ0v) is 15.3. The molecule has 0 spiro atoms. The smallest absolute Gasteiger partial charge is 0.0659 e. The molecule has 0 bridgehead atoms. The number of piperazine rings is 1. The van der Waals surface area contributed by atoms with Gasteiger partial charge in [-0.15, -0.1) is 0 Å². The molecule has 0 unspecified atom stereocenters. The van der Waals surface area contributed by atoms with Crippen LogP contribution in [-0.2, 0) is 17.8 Å². The van der Waals surface area contributed by atoms with Crippen LogP contribution in [0, 0.1) is 5.92 Å². The van der Waals surface area contributed by atoms with Gasteiger partial charge in [0.2, 0.25) is 0 Å². The summed E-state index contributed by atoms with van der Waals surface area (Å²) in [7, 11) is 0. The van der Waals surface area contributed by atoms with Gasteiger partial charge in [-0.3, -0.25) is 14.5 Å². The summed E-state index contributed by atoms with van der Waals surface area (Å²) in [4.78, 5) is 5.35. The van der Waals surface area contributed by atoms with Crippen LogP contribution >= 0.6 is 0 Å². The molecule has 2 aromatic rings. The van der Waals surface area contributed by atoms with Gasteiger partial charge in [-0.2, -0.15) is 5.10 Å². The first-order chi connectivity index (χ1) is 12.8. The average molecular weight is 352 g/mol. The van der Waals surface area contributed by atoms with Crippen molar-refractivity contribution in [2.75, 3.05) is 32.8 Å². The second-order valence-electron chi connectivity index (χ2n) is 8.09. The van der Waals surface area contributed by atoms with Gasteiger partial charge in [-0.1, -0.05) is 24.3 Å². The molecule has 2 atom stereocenters. The van der Waals surface area contributed by atoms with E-state index in [0.717, 1.165) is 38.8 Å². The molecule has 3 heterocycles. The minimum atomic E-state index is 0.585. The number of benzene rings is 1. The summed E-state index contributed by atoms with van der Waals surface area (Å²) < 4.78 is 7.91. The van der Waals surface area contributed by atoms with Gasteiger partial charge in [0.1, 0.15) is 0 Å². The summed E-state index contributed by atoms with van der Waals surface area (Å²) >= 11 is 0. The van der Waals surface area contributed by atoms with Crippen molar-refractivity contribution in [3.8, 4) is 0 Å². The van der Waals surface area contributed by atoms with Crippen molar-refractivity contribution in [2.24, 2.45) is 5.92 Å². The number of fused-ring (bicyclic) bond motifs is 1. The number of morpholine rings is 1. The van der Waals surface area contributed by atoms with Crippen LogP contribution in [0.4, 0.5) is 0 Å². The summed E-state index contributed by atoms with van der Waals surface area (Å²) in [6.07, 6.45) is 6.66. The van der Waals surface area contributed by atoms with Gasteiger partial charge < -0.3 is 4.74 Å². The third-order valence-corrected chi connectivity index (χ3v) is 6.14. The molecule has 26 heavy (non-hydrogen) atoms. The Kier molecular flexibility index (Phi) is 4.53. The quantitative estimate of drug-likeness (QED) is 0.826. The minimum absolute atomic E-state index is 0.585. The molecule has 2 aliphatic heterocycles. The molecule has 0 radical (unpaired) electrons. The number of rotatable bonds is 5. The maximum absolute atomic E-state index is 5.94. The first kappa shape index (κ1) is 16.5. The summed E-state index contributed by atoms with van der Waals surface area (Å²) in [5, 5.41) is 4.28. The van der Waals surface area contributed by atoms with Crippen LogP contribution in [0.25, 0.3) is 0 Å². The Balaban J connectivity index is 1.18. The molecule has 5 rings (SSSR count). The van der Waals surface area contributed by atoms with Gasteiger partial charge in [0.15, 0.2) is 0 Å². The van der Waals surface area contributed by atoms with Crippen molar-refractivity contribution in [2.45, 2.75) is 38.0 Å². The topological polar surface area (TPSA) is 33.5 Å². The van der Waals surface area contributed by atoms with Crippen LogP contribution in [0.2, 0.25) is 0 Å². The fourth-order valence-electron chi connectivity index (χ4n) is 4.56. The summed E-state index contributed by atoms with van der Waals surface area (Å²) in [6.45, 7) is 7.26. The van der Waals surface area contributed by atoms with Crippen molar-refractivity contribution in [1.29, 1.82) is 0 Å². The second kappa shape index (κ2) is 7.14. The molecule has 1 aliphatic carbocycles. The molecule has 1 saturated carbocycles. The SMILES string of the molecule is c1cnn(Cc2ccc(CN3CCN4[C@@H](COC[C@@H]4C4CC4)C3)cc2)c1. The Morgan fingerprint density at radius 1 is 1.00 bits per heavy atom. The van der Waals surface area contributed by atoms with E-state index in [2.05, 4.69) is 39.2 Å². The Bertz CT molecular complexity index is 710. The van der Waals surface area contributed by atoms with Gasteiger partial charge in [0.05, 0.1) is 19.8 Å². The molecular weight excluding hydrogens is 324 g/mol. The van der Waals surface area contributed by atoms with E-state index in [1.54, 1.807) is 0 Å². The largest absolute Gasteiger partial charge is 0.378 e. The van der Waals surface area contributed by atoms with E-state index in [0.29, 0.717) is 12.1 Å². The monoisotopic (exact) mass is 352 g/mol. The molecule has 5 heteroatoms. The maximum atomic E-state index is 5.94.